The molecule has 1 atom stereocenters. The van der Waals surface area contributed by atoms with Crippen LogP contribution in [0.1, 0.15) is 31.2 Å². The Hall–Kier alpha value is -0.500. The van der Waals surface area contributed by atoms with Crippen LogP contribution in [-0.2, 0) is 0 Å². The number of rotatable bonds is 3. The first-order valence-corrected chi connectivity index (χ1v) is 6.72. The van der Waals surface area contributed by atoms with Crippen LogP contribution in [0.4, 0.5) is 0 Å². The lowest BCUT2D eigenvalue weighted by molar-refractivity contribution is 0.251. The second kappa shape index (κ2) is 5.90. The van der Waals surface area contributed by atoms with Gasteiger partial charge in [0, 0.05) is 22.2 Å². The molecule has 0 fully saturated rings. The minimum atomic E-state index is 0.278. The highest BCUT2D eigenvalue weighted by Crippen LogP contribution is 2.38. The summed E-state index contributed by atoms with van der Waals surface area (Å²) in [6.45, 7) is 0.278. The summed E-state index contributed by atoms with van der Waals surface area (Å²) in [4.78, 5) is 0. The number of hydrogen-bond acceptors (Lipinski definition) is 1. The highest BCUT2D eigenvalue weighted by Gasteiger charge is 2.18. The molecule has 0 aromatic heterocycles. The van der Waals surface area contributed by atoms with Crippen LogP contribution in [0.25, 0.3) is 5.57 Å². The SMILES string of the molecule is OCCC1CC=C(c2c(Cl)cccc2Cl)CC1. The molecule has 0 bridgehead atoms. The molecular weight excluding hydrogens is 255 g/mol. The number of allylic oxidation sites excluding steroid dienone is 2. The molecule has 1 nitrogen and oxygen atoms in total. The van der Waals surface area contributed by atoms with Gasteiger partial charge in [0.25, 0.3) is 0 Å². The van der Waals surface area contributed by atoms with E-state index in [1.807, 2.05) is 18.2 Å². The third-order valence-corrected chi connectivity index (χ3v) is 3.97. The summed E-state index contributed by atoms with van der Waals surface area (Å²) in [5.41, 5.74) is 2.23. The van der Waals surface area contributed by atoms with Gasteiger partial charge in [-0.05, 0) is 49.3 Å². The van der Waals surface area contributed by atoms with E-state index in [9.17, 15) is 0 Å². The maximum Gasteiger partial charge on any atom is 0.0496 e. The molecule has 1 aliphatic rings. The fourth-order valence-corrected chi connectivity index (χ4v) is 3.01. The van der Waals surface area contributed by atoms with Gasteiger partial charge in [-0.2, -0.15) is 0 Å². The molecule has 1 aromatic rings. The minimum absolute atomic E-state index is 0.278. The van der Waals surface area contributed by atoms with Crippen molar-refractivity contribution in [1.82, 2.24) is 0 Å². The Morgan fingerprint density at radius 1 is 1.24 bits per heavy atom. The molecule has 0 spiro atoms. The fourth-order valence-electron chi connectivity index (χ4n) is 2.36. The van der Waals surface area contributed by atoms with E-state index in [2.05, 4.69) is 6.08 Å². The van der Waals surface area contributed by atoms with Crippen molar-refractivity contribution in [2.75, 3.05) is 6.61 Å². The van der Waals surface area contributed by atoms with Gasteiger partial charge in [-0.1, -0.05) is 35.3 Å². The summed E-state index contributed by atoms with van der Waals surface area (Å²) in [7, 11) is 0. The number of hydrogen-bond donors (Lipinski definition) is 1. The van der Waals surface area contributed by atoms with Crippen LogP contribution < -0.4 is 0 Å². The lowest BCUT2D eigenvalue weighted by atomic mass is 9.85. The van der Waals surface area contributed by atoms with Crippen molar-refractivity contribution in [3.8, 4) is 0 Å². The Labute approximate surface area is 112 Å². The summed E-state index contributed by atoms with van der Waals surface area (Å²) in [5.74, 6) is 0.602. The van der Waals surface area contributed by atoms with Crippen molar-refractivity contribution >= 4 is 28.8 Å². The van der Waals surface area contributed by atoms with Gasteiger partial charge in [0.1, 0.15) is 0 Å². The van der Waals surface area contributed by atoms with E-state index in [0.717, 1.165) is 41.3 Å². The summed E-state index contributed by atoms with van der Waals surface area (Å²) in [5, 5.41) is 10.4. The fraction of sp³-hybridized carbons (Fsp3) is 0.429. The highest BCUT2D eigenvalue weighted by molar-refractivity contribution is 6.37. The van der Waals surface area contributed by atoms with Gasteiger partial charge in [0.15, 0.2) is 0 Å². The lowest BCUT2D eigenvalue weighted by Gasteiger charge is -2.22. The smallest absolute Gasteiger partial charge is 0.0496 e. The van der Waals surface area contributed by atoms with Crippen molar-refractivity contribution in [3.05, 3.63) is 39.9 Å². The lowest BCUT2D eigenvalue weighted by Crippen LogP contribution is -2.07. The zero-order chi connectivity index (χ0) is 12.3. The van der Waals surface area contributed by atoms with Crippen molar-refractivity contribution in [3.63, 3.8) is 0 Å². The van der Waals surface area contributed by atoms with E-state index in [-0.39, 0.29) is 6.61 Å². The summed E-state index contributed by atoms with van der Waals surface area (Å²) in [6.07, 6.45) is 6.22. The minimum Gasteiger partial charge on any atom is -0.396 e. The Bertz CT molecular complexity index is 406. The van der Waals surface area contributed by atoms with Crippen LogP contribution in [0, 0.1) is 5.92 Å². The molecule has 0 saturated carbocycles. The molecule has 0 amide bonds. The van der Waals surface area contributed by atoms with Crippen LogP contribution in [0.15, 0.2) is 24.3 Å². The average molecular weight is 271 g/mol. The normalized spacial score (nSPS) is 20.2. The van der Waals surface area contributed by atoms with Gasteiger partial charge in [0.05, 0.1) is 0 Å². The summed E-state index contributed by atoms with van der Waals surface area (Å²) in [6, 6.07) is 5.62. The Morgan fingerprint density at radius 2 is 1.94 bits per heavy atom. The number of benzene rings is 1. The second-order valence-electron chi connectivity index (χ2n) is 4.48. The molecule has 92 valence electrons. The predicted molar refractivity (Wildman–Crippen MR) is 73.5 cm³/mol. The Morgan fingerprint density at radius 3 is 2.47 bits per heavy atom. The maximum atomic E-state index is 8.93. The second-order valence-corrected chi connectivity index (χ2v) is 5.29. The van der Waals surface area contributed by atoms with Crippen molar-refractivity contribution in [1.29, 1.82) is 0 Å². The first kappa shape index (κ1) is 12.9. The monoisotopic (exact) mass is 270 g/mol. The van der Waals surface area contributed by atoms with Crippen LogP contribution in [0.3, 0.4) is 0 Å². The van der Waals surface area contributed by atoms with Gasteiger partial charge in [-0.3, -0.25) is 0 Å². The molecule has 2 rings (SSSR count). The standard InChI is InChI=1S/C14H16Cl2O/c15-12-2-1-3-13(16)14(12)11-6-4-10(5-7-11)8-9-17/h1-3,6,10,17H,4-5,7-9H2. The van der Waals surface area contributed by atoms with E-state index in [4.69, 9.17) is 28.3 Å². The predicted octanol–water partition coefficient (Wildman–Crippen LogP) is 4.56. The van der Waals surface area contributed by atoms with Crippen molar-refractivity contribution < 1.29 is 5.11 Å². The molecule has 1 N–H and O–H groups in total. The topological polar surface area (TPSA) is 20.2 Å². The molecule has 1 aromatic carbocycles. The van der Waals surface area contributed by atoms with Crippen LogP contribution >= 0.6 is 23.2 Å². The molecule has 0 heterocycles. The van der Waals surface area contributed by atoms with Gasteiger partial charge in [0.2, 0.25) is 0 Å². The molecule has 1 aliphatic carbocycles. The zero-order valence-electron chi connectivity index (χ0n) is 9.63. The molecule has 0 saturated heterocycles. The van der Waals surface area contributed by atoms with Crippen molar-refractivity contribution in [2.24, 2.45) is 5.92 Å². The van der Waals surface area contributed by atoms with E-state index >= 15 is 0 Å². The van der Waals surface area contributed by atoms with Crippen LogP contribution in [-0.4, -0.2) is 11.7 Å². The number of halogens is 2. The van der Waals surface area contributed by atoms with Crippen LogP contribution in [0.2, 0.25) is 10.0 Å². The van der Waals surface area contributed by atoms with Crippen molar-refractivity contribution in [2.45, 2.75) is 25.7 Å². The van der Waals surface area contributed by atoms with Gasteiger partial charge in [-0.25, -0.2) is 0 Å². The number of aliphatic hydroxyl groups excluding tert-OH is 1. The first-order valence-electron chi connectivity index (χ1n) is 5.96. The number of aliphatic hydroxyl groups is 1. The van der Waals surface area contributed by atoms with E-state index in [0.29, 0.717) is 5.92 Å². The molecule has 17 heavy (non-hydrogen) atoms. The summed E-state index contributed by atoms with van der Waals surface area (Å²) < 4.78 is 0. The molecule has 0 aliphatic heterocycles. The Kier molecular flexibility index (Phi) is 4.49. The third-order valence-electron chi connectivity index (χ3n) is 3.34. The summed E-state index contributed by atoms with van der Waals surface area (Å²) >= 11 is 12.4. The van der Waals surface area contributed by atoms with E-state index in [1.165, 1.54) is 5.57 Å². The van der Waals surface area contributed by atoms with Gasteiger partial charge < -0.3 is 5.11 Å². The maximum absolute atomic E-state index is 8.93. The van der Waals surface area contributed by atoms with E-state index < -0.39 is 0 Å². The zero-order valence-corrected chi connectivity index (χ0v) is 11.1. The molecule has 0 radical (unpaired) electrons. The first-order chi connectivity index (χ1) is 8.22. The third kappa shape index (κ3) is 3.04. The molecule has 3 heteroatoms. The average Bonchev–Trinajstić information content (AvgIpc) is 2.31. The largest absolute Gasteiger partial charge is 0.396 e. The quantitative estimate of drug-likeness (QED) is 0.854. The van der Waals surface area contributed by atoms with Crippen LogP contribution in [0.5, 0.6) is 0 Å². The molecule has 1 unspecified atom stereocenters. The molecular formula is C14H16Cl2O. The van der Waals surface area contributed by atoms with Gasteiger partial charge >= 0.3 is 0 Å². The Balaban J connectivity index is 2.19. The van der Waals surface area contributed by atoms with Gasteiger partial charge in [-0.15, -0.1) is 0 Å². The van der Waals surface area contributed by atoms with E-state index in [1.54, 1.807) is 0 Å². The highest BCUT2D eigenvalue weighted by atomic mass is 35.5.